The number of carbonyl (C=O) groups excluding carboxylic acids is 3. The van der Waals surface area contributed by atoms with Crippen LogP contribution in [0.3, 0.4) is 0 Å². The Kier molecular flexibility index (Phi) is 4.04. The first-order valence-electron chi connectivity index (χ1n) is 5.43. The molecule has 5 nitrogen and oxygen atoms in total. The Morgan fingerprint density at radius 2 is 2.06 bits per heavy atom. The Morgan fingerprint density at radius 1 is 1.38 bits per heavy atom. The van der Waals surface area contributed by atoms with Crippen LogP contribution in [0.25, 0.3) is 0 Å². The molecule has 0 aromatic heterocycles. The Hall–Kier alpha value is -1.39. The molecule has 1 aliphatic carbocycles. The second kappa shape index (κ2) is 5.09. The summed E-state index contributed by atoms with van der Waals surface area (Å²) < 4.78 is 9.76. The monoisotopic (exact) mass is 228 g/mol. The summed E-state index contributed by atoms with van der Waals surface area (Å²) in [6.45, 7) is 2.99. The van der Waals surface area contributed by atoms with E-state index >= 15 is 0 Å². The topological polar surface area (TPSA) is 69.7 Å². The molecular weight excluding hydrogens is 212 g/mol. The smallest absolute Gasteiger partial charge is 0.358 e. The van der Waals surface area contributed by atoms with E-state index in [0.717, 1.165) is 6.42 Å². The lowest BCUT2D eigenvalue weighted by Crippen LogP contribution is -2.52. The fourth-order valence-corrected chi connectivity index (χ4v) is 1.86. The normalized spacial score (nSPS) is 25.0. The van der Waals surface area contributed by atoms with Crippen molar-refractivity contribution in [1.82, 2.24) is 0 Å². The second-order valence-corrected chi connectivity index (χ2v) is 3.77. The highest BCUT2D eigenvalue weighted by Crippen LogP contribution is 2.30. The van der Waals surface area contributed by atoms with Crippen LogP contribution in [0.1, 0.15) is 39.5 Å². The fraction of sp³-hybridized carbons (Fsp3) is 0.727. The van der Waals surface area contributed by atoms with E-state index in [0.29, 0.717) is 6.42 Å². The largest absolute Gasteiger partial charge is 0.463 e. The lowest BCUT2D eigenvalue weighted by atomic mass is 9.83. The summed E-state index contributed by atoms with van der Waals surface area (Å²) in [4.78, 5) is 34.5. The molecule has 1 aliphatic rings. The van der Waals surface area contributed by atoms with E-state index < -0.39 is 17.5 Å². The van der Waals surface area contributed by atoms with Crippen molar-refractivity contribution in [3.8, 4) is 0 Å². The van der Waals surface area contributed by atoms with Gasteiger partial charge in [0.1, 0.15) is 0 Å². The van der Waals surface area contributed by atoms with Crippen LogP contribution in [-0.2, 0) is 23.9 Å². The van der Waals surface area contributed by atoms with Gasteiger partial charge in [0, 0.05) is 19.8 Å². The molecule has 0 amide bonds. The lowest BCUT2D eigenvalue weighted by molar-refractivity contribution is -0.187. The number of hydrogen-bond acceptors (Lipinski definition) is 5. The third-order valence-corrected chi connectivity index (χ3v) is 2.56. The van der Waals surface area contributed by atoms with Crippen LogP contribution >= 0.6 is 0 Å². The van der Waals surface area contributed by atoms with Crippen LogP contribution < -0.4 is 0 Å². The Balaban J connectivity index is 2.94. The third kappa shape index (κ3) is 2.40. The minimum atomic E-state index is -1.68. The van der Waals surface area contributed by atoms with Gasteiger partial charge in [0.2, 0.25) is 0 Å². The molecule has 0 aliphatic heterocycles. The van der Waals surface area contributed by atoms with E-state index in [9.17, 15) is 14.4 Å². The molecule has 1 saturated carbocycles. The van der Waals surface area contributed by atoms with Gasteiger partial charge >= 0.3 is 11.9 Å². The van der Waals surface area contributed by atoms with Crippen LogP contribution in [-0.4, -0.2) is 29.9 Å². The predicted octanol–water partition coefficient (Wildman–Crippen LogP) is 0.994. The summed E-state index contributed by atoms with van der Waals surface area (Å²) in [7, 11) is 0. The highest BCUT2D eigenvalue weighted by atomic mass is 16.6. The van der Waals surface area contributed by atoms with E-state index in [1.54, 1.807) is 6.92 Å². The van der Waals surface area contributed by atoms with Crippen LogP contribution in [0.4, 0.5) is 0 Å². The Bertz CT molecular complexity index is 309. The van der Waals surface area contributed by atoms with Gasteiger partial charge in [-0.15, -0.1) is 0 Å². The van der Waals surface area contributed by atoms with E-state index in [-0.39, 0.29) is 25.2 Å². The maximum atomic E-state index is 11.8. The van der Waals surface area contributed by atoms with E-state index in [1.807, 2.05) is 0 Å². The van der Waals surface area contributed by atoms with Crippen LogP contribution in [0.5, 0.6) is 0 Å². The van der Waals surface area contributed by atoms with E-state index in [4.69, 9.17) is 9.47 Å². The van der Waals surface area contributed by atoms with Crippen molar-refractivity contribution in [2.45, 2.75) is 45.1 Å². The lowest BCUT2D eigenvalue weighted by Gasteiger charge is -2.32. The molecule has 0 aromatic rings. The van der Waals surface area contributed by atoms with Gasteiger partial charge in [-0.1, -0.05) is 0 Å². The van der Waals surface area contributed by atoms with Crippen molar-refractivity contribution in [3.05, 3.63) is 0 Å². The maximum absolute atomic E-state index is 11.8. The molecule has 1 unspecified atom stereocenters. The molecule has 1 rings (SSSR count). The zero-order valence-electron chi connectivity index (χ0n) is 9.58. The summed E-state index contributed by atoms with van der Waals surface area (Å²) in [6, 6.07) is 0. The fourth-order valence-electron chi connectivity index (χ4n) is 1.86. The predicted molar refractivity (Wildman–Crippen MR) is 54.6 cm³/mol. The third-order valence-electron chi connectivity index (χ3n) is 2.56. The molecule has 1 fully saturated rings. The van der Waals surface area contributed by atoms with Gasteiger partial charge in [-0.2, -0.15) is 0 Å². The Labute approximate surface area is 94.1 Å². The molecule has 16 heavy (non-hydrogen) atoms. The highest BCUT2D eigenvalue weighted by Gasteiger charge is 2.51. The molecule has 0 saturated heterocycles. The molecule has 1 atom stereocenters. The number of rotatable bonds is 3. The molecule has 0 spiro atoms. The van der Waals surface area contributed by atoms with Gasteiger partial charge in [0.05, 0.1) is 6.61 Å². The molecule has 0 heterocycles. The summed E-state index contributed by atoms with van der Waals surface area (Å²) >= 11 is 0. The average Bonchev–Trinajstić information content (AvgIpc) is 2.21. The first-order chi connectivity index (χ1) is 7.53. The minimum absolute atomic E-state index is 0.162. The molecule has 0 aromatic carbocycles. The number of ether oxygens (including phenoxy) is 2. The summed E-state index contributed by atoms with van der Waals surface area (Å²) in [5.41, 5.74) is -1.68. The molecule has 90 valence electrons. The zero-order valence-corrected chi connectivity index (χ0v) is 9.58. The van der Waals surface area contributed by atoms with Gasteiger partial charge in [0.25, 0.3) is 5.60 Å². The molecule has 0 N–H and O–H groups in total. The number of Topliss-reactive ketones (excluding diaryl/α,β-unsaturated/α-hetero) is 1. The molecular formula is C11H16O5. The number of esters is 2. The van der Waals surface area contributed by atoms with Gasteiger partial charge in [0.15, 0.2) is 5.78 Å². The quantitative estimate of drug-likeness (QED) is 0.532. The number of hydrogen-bond donors (Lipinski definition) is 0. The van der Waals surface area contributed by atoms with E-state index in [2.05, 4.69) is 0 Å². The van der Waals surface area contributed by atoms with Gasteiger partial charge in [-0.05, 0) is 19.8 Å². The zero-order chi connectivity index (χ0) is 12.2. The number of carbonyl (C=O) groups is 3. The molecule has 0 radical (unpaired) electrons. The van der Waals surface area contributed by atoms with Crippen molar-refractivity contribution >= 4 is 17.7 Å². The van der Waals surface area contributed by atoms with Crippen molar-refractivity contribution in [2.24, 2.45) is 0 Å². The van der Waals surface area contributed by atoms with Gasteiger partial charge < -0.3 is 9.47 Å². The maximum Gasteiger partial charge on any atom is 0.358 e. The van der Waals surface area contributed by atoms with Crippen molar-refractivity contribution in [1.29, 1.82) is 0 Å². The summed E-state index contributed by atoms with van der Waals surface area (Å²) in [5, 5.41) is 0. The summed E-state index contributed by atoms with van der Waals surface area (Å²) in [6.07, 6.45) is 1.88. The summed E-state index contributed by atoms with van der Waals surface area (Å²) in [5.74, 6) is -1.73. The van der Waals surface area contributed by atoms with Crippen LogP contribution in [0.15, 0.2) is 0 Å². The average molecular weight is 228 g/mol. The van der Waals surface area contributed by atoms with Crippen molar-refractivity contribution in [2.75, 3.05) is 6.61 Å². The minimum Gasteiger partial charge on any atom is -0.463 e. The molecule has 5 heteroatoms. The second-order valence-electron chi connectivity index (χ2n) is 3.77. The van der Waals surface area contributed by atoms with Gasteiger partial charge in [-0.25, -0.2) is 4.79 Å². The number of ketones is 1. The van der Waals surface area contributed by atoms with Crippen molar-refractivity contribution < 1.29 is 23.9 Å². The first kappa shape index (κ1) is 12.7. The SMILES string of the molecule is CCOC(=O)C1(OC(C)=O)CCCCC1=O. The highest BCUT2D eigenvalue weighted by molar-refractivity contribution is 6.09. The first-order valence-corrected chi connectivity index (χ1v) is 5.43. The van der Waals surface area contributed by atoms with Crippen LogP contribution in [0, 0.1) is 0 Å². The van der Waals surface area contributed by atoms with Crippen LogP contribution in [0.2, 0.25) is 0 Å². The standard InChI is InChI=1S/C11H16O5/c1-3-15-10(14)11(16-8(2)12)7-5-4-6-9(11)13/h3-7H2,1-2H3. The van der Waals surface area contributed by atoms with Crippen molar-refractivity contribution in [3.63, 3.8) is 0 Å². The van der Waals surface area contributed by atoms with E-state index in [1.165, 1.54) is 6.92 Å². The van der Waals surface area contributed by atoms with Gasteiger partial charge in [-0.3, -0.25) is 9.59 Å². The Morgan fingerprint density at radius 3 is 2.56 bits per heavy atom. The molecule has 0 bridgehead atoms.